The number of aromatic nitrogens is 1. The molecule has 0 spiro atoms. The normalized spacial score (nSPS) is 10.6. The quantitative estimate of drug-likeness (QED) is 0.336. The van der Waals surface area contributed by atoms with Crippen LogP contribution in [0.3, 0.4) is 0 Å². The number of nitrogens with zero attached hydrogens (tertiary/aromatic N) is 1. The molecular formula is C21H22N2O5S. The van der Waals surface area contributed by atoms with Crippen LogP contribution < -0.4 is 15.2 Å². The number of carbonyl (C=O) groups excluding carboxylic acids is 1. The second kappa shape index (κ2) is 8.83. The monoisotopic (exact) mass is 414 g/mol. The number of esters is 1. The smallest absolute Gasteiger partial charge is 0.341 e. The maximum absolute atomic E-state index is 11.9. The first-order valence-electron chi connectivity index (χ1n) is 9.05. The van der Waals surface area contributed by atoms with E-state index in [2.05, 4.69) is 4.98 Å². The molecule has 0 atom stereocenters. The fourth-order valence-electron chi connectivity index (χ4n) is 2.79. The zero-order valence-corrected chi connectivity index (χ0v) is 17.2. The van der Waals surface area contributed by atoms with E-state index in [1.165, 1.54) is 24.5 Å². The number of carbonyl (C=O) groups is 1. The molecule has 0 aliphatic rings. The van der Waals surface area contributed by atoms with Crippen molar-refractivity contribution in [3.63, 3.8) is 0 Å². The average molecular weight is 414 g/mol. The van der Waals surface area contributed by atoms with Crippen LogP contribution in [0.25, 0.3) is 21.8 Å². The summed E-state index contributed by atoms with van der Waals surface area (Å²) in [5.41, 5.74) is 8.06. The third kappa shape index (κ3) is 4.27. The van der Waals surface area contributed by atoms with Gasteiger partial charge in [-0.15, -0.1) is 11.3 Å². The van der Waals surface area contributed by atoms with Crippen LogP contribution in [0, 0.1) is 0 Å². The van der Waals surface area contributed by atoms with Crippen molar-refractivity contribution in [1.82, 2.24) is 4.98 Å². The van der Waals surface area contributed by atoms with E-state index in [1.54, 1.807) is 6.07 Å². The Morgan fingerprint density at radius 2 is 1.83 bits per heavy atom. The summed E-state index contributed by atoms with van der Waals surface area (Å²) in [4.78, 5) is 16.6. The van der Waals surface area contributed by atoms with Crippen molar-refractivity contribution in [2.45, 2.75) is 13.8 Å². The number of benzene rings is 2. The molecule has 152 valence electrons. The number of thiazole rings is 1. The highest BCUT2D eigenvalue weighted by Crippen LogP contribution is 2.37. The number of hydrogen-bond donors (Lipinski definition) is 2. The van der Waals surface area contributed by atoms with Crippen LogP contribution >= 0.6 is 11.3 Å². The molecule has 7 nitrogen and oxygen atoms in total. The van der Waals surface area contributed by atoms with Crippen LogP contribution in [0.15, 0.2) is 35.7 Å². The van der Waals surface area contributed by atoms with Gasteiger partial charge in [-0.25, -0.2) is 9.78 Å². The molecule has 2 aromatic carbocycles. The van der Waals surface area contributed by atoms with Gasteiger partial charge in [0.05, 0.1) is 31.7 Å². The highest BCUT2D eigenvalue weighted by Gasteiger charge is 2.18. The van der Waals surface area contributed by atoms with Crippen molar-refractivity contribution in [2.24, 2.45) is 0 Å². The molecule has 0 amide bonds. The maximum atomic E-state index is 11.9. The van der Waals surface area contributed by atoms with E-state index in [4.69, 9.17) is 19.9 Å². The number of hydrogen-bond acceptors (Lipinski definition) is 8. The lowest BCUT2D eigenvalue weighted by Gasteiger charge is -2.11. The molecule has 0 aliphatic carbocycles. The number of nitrogen functional groups attached to an aromatic ring is 1. The van der Waals surface area contributed by atoms with Crippen LogP contribution in [-0.4, -0.2) is 36.4 Å². The second-order valence-electron chi connectivity index (χ2n) is 6.02. The first-order chi connectivity index (χ1) is 14.0. The predicted octanol–water partition coefficient (Wildman–Crippen LogP) is 4.35. The lowest BCUT2D eigenvalue weighted by atomic mass is 10.1. The van der Waals surface area contributed by atoms with E-state index < -0.39 is 5.97 Å². The summed E-state index contributed by atoms with van der Waals surface area (Å²) in [7, 11) is 1.24. The summed E-state index contributed by atoms with van der Waals surface area (Å²) in [5.74, 6) is 0.373. The fraction of sp³-hybridized carbons (Fsp3) is 0.238. The van der Waals surface area contributed by atoms with Gasteiger partial charge in [-0.2, -0.15) is 0 Å². The van der Waals surface area contributed by atoms with E-state index in [-0.39, 0.29) is 17.0 Å². The van der Waals surface area contributed by atoms with Crippen molar-refractivity contribution in [3.8, 4) is 39.1 Å². The maximum Gasteiger partial charge on any atom is 0.341 e. The number of anilines is 1. The van der Waals surface area contributed by atoms with Gasteiger partial charge >= 0.3 is 5.97 Å². The van der Waals surface area contributed by atoms with Crippen molar-refractivity contribution in [2.75, 3.05) is 26.1 Å². The van der Waals surface area contributed by atoms with Gasteiger partial charge in [0.2, 0.25) is 0 Å². The van der Waals surface area contributed by atoms with Gasteiger partial charge in [0.25, 0.3) is 0 Å². The van der Waals surface area contributed by atoms with Crippen LogP contribution in [-0.2, 0) is 4.74 Å². The van der Waals surface area contributed by atoms with Gasteiger partial charge in [-0.3, -0.25) is 0 Å². The molecule has 3 aromatic rings. The molecule has 0 fully saturated rings. The van der Waals surface area contributed by atoms with Gasteiger partial charge in [-0.05, 0) is 44.2 Å². The molecule has 0 unspecified atom stereocenters. The Kier molecular flexibility index (Phi) is 6.23. The van der Waals surface area contributed by atoms with E-state index in [0.29, 0.717) is 36.0 Å². The van der Waals surface area contributed by atoms with Gasteiger partial charge in [-0.1, -0.05) is 0 Å². The Bertz CT molecular complexity index is 1030. The van der Waals surface area contributed by atoms with Gasteiger partial charge in [0.15, 0.2) is 17.2 Å². The zero-order chi connectivity index (χ0) is 21.0. The molecular weight excluding hydrogens is 392 g/mol. The van der Waals surface area contributed by atoms with Crippen molar-refractivity contribution < 1.29 is 24.1 Å². The Labute approximate surface area is 172 Å². The molecule has 0 bridgehead atoms. The number of aromatic hydroxyl groups is 1. The molecule has 0 saturated carbocycles. The van der Waals surface area contributed by atoms with Gasteiger partial charge in [0.1, 0.15) is 10.6 Å². The lowest BCUT2D eigenvalue weighted by Crippen LogP contribution is -2.03. The SMILES string of the molecule is CCOc1ccc(-c2nc(-c3cc(N)c(O)c(C(=O)OC)c3)cs2)cc1OCC. The number of ether oxygens (including phenoxy) is 3. The molecule has 29 heavy (non-hydrogen) atoms. The topological polar surface area (TPSA) is 104 Å². The summed E-state index contributed by atoms with van der Waals surface area (Å²) >= 11 is 1.45. The fourth-order valence-corrected chi connectivity index (χ4v) is 3.62. The Hall–Kier alpha value is -3.26. The third-order valence-corrected chi connectivity index (χ3v) is 5.03. The molecule has 0 radical (unpaired) electrons. The highest BCUT2D eigenvalue weighted by atomic mass is 32.1. The molecule has 0 aliphatic heterocycles. The number of phenolic OH excluding ortho intramolecular Hbond substituents is 1. The average Bonchev–Trinajstić information content (AvgIpc) is 3.21. The van der Waals surface area contributed by atoms with E-state index in [9.17, 15) is 9.90 Å². The van der Waals surface area contributed by atoms with Crippen molar-refractivity contribution >= 4 is 23.0 Å². The minimum absolute atomic E-state index is 0.00301. The zero-order valence-electron chi connectivity index (χ0n) is 16.4. The summed E-state index contributed by atoms with van der Waals surface area (Å²) < 4.78 is 16.0. The second-order valence-corrected chi connectivity index (χ2v) is 6.88. The minimum atomic E-state index is -0.667. The Morgan fingerprint density at radius 3 is 2.52 bits per heavy atom. The molecule has 8 heteroatoms. The largest absolute Gasteiger partial charge is 0.505 e. The number of phenols is 1. The van der Waals surface area contributed by atoms with E-state index in [0.717, 1.165) is 10.6 Å². The molecule has 1 aromatic heterocycles. The summed E-state index contributed by atoms with van der Waals surface area (Å²) in [5, 5.41) is 12.7. The molecule has 3 N–H and O–H groups in total. The molecule has 1 heterocycles. The first-order valence-corrected chi connectivity index (χ1v) is 9.93. The summed E-state index contributed by atoms with van der Waals surface area (Å²) in [6.45, 7) is 4.90. The molecule has 3 rings (SSSR count). The number of nitrogens with two attached hydrogens (primary N) is 1. The van der Waals surface area contributed by atoms with Crippen LogP contribution in [0.2, 0.25) is 0 Å². The van der Waals surface area contributed by atoms with E-state index >= 15 is 0 Å². The Balaban J connectivity index is 1.98. The minimum Gasteiger partial charge on any atom is -0.505 e. The van der Waals surface area contributed by atoms with Gasteiger partial charge < -0.3 is 25.1 Å². The van der Waals surface area contributed by atoms with Gasteiger partial charge in [0, 0.05) is 16.5 Å². The van der Waals surface area contributed by atoms with Crippen LogP contribution in [0.4, 0.5) is 5.69 Å². The van der Waals surface area contributed by atoms with Crippen molar-refractivity contribution in [1.29, 1.82) is 0 Å². The van der Waals surface area contributed by atoms with Crippen LogP contribution in [0.1, 0.15) is 24.2 Å². The molecule has 0 saturated heterocycles. The van der Waals surface area contributed by atoms with Crippen molar-refractivity contribution in [3.05, 3.63) is 41.3 Å². The van der Waals surface area contributed by atoms with E-state index in [1.807, 2.05) is 37.4 Å². The summed E-state index contributed by atoms with van der Waals surface area (Å²) in [6, 6.07) is 8.76. The number of rotatable bonds is 7. The third-order valence-electron chi connectivity index (χ3n) is 4.14. The first kappa shape index (κ1) is 20.5. The summed E-state index contributed by atoms with van der Waals surface area (Å²) in [6.07, 6.45) is 0. The van der Waals surface area contributed by atoms with Crippen LogP contribution in [0.5, 0.6) is 17.2 Å². The standard InChI is InChI=1S/C21H22N2O5S/c1-4-27-17-7-6-12(10-18(17)28-5-2)20-23-16(11-29-20)13-8-14(21(25)26-3)19(24)15(22)9-13/h6-11,24H,4-5,22H2,1-3H3. The Morgan fingerprint density at radius 1 is 1.10 bits per heavy atom. The number of methoxy groups -OCH3 is 1. The lowest BCUT2D eigenvalue weighted by molar-refractivity contribution is 0.0597. The highest BCUT2D eigenvalue weighted by molar-refractivity contribution is 7.13. The predicted molar refractivity (Wildman–Crippen MR) is 113 cm³/mol.